The molecule has 2 nitrogen and oxygen atoms in total. The molecule has 2 saturated heterocycles. The van der Waals surface area contributed by atoms with Crippen LogP contribution in [-0.4, -0.2) is 41.6 Å². The van der Waals surface area contributed by atoms with Crippen molar-refractivity contribution in [1.82, 2.24) is 10.2 Å². The zero-order chi connectivity index (χ0) is 14.0. The molecule has 0 radical (unpaired) electrons. The molecule has 3 unspecified atom stereocenters. The summed E-state index contributed by atoms with van der Waals surface area (Å²) in [5.74, 6) is 1.36. The van der Waals surface area contributed by atoms with Gasteiger partial charge < -0.3 is 5.32 Å². The second-order valence-corrected chi connectivity index (χ2v) is 7.90. The molecular weight excluding hydrogens is 264 g/mol. The molecule has 3 heteroatoms. The maximum Gasteiger partial charge on any atom is 0.0535 e. The Hall–Kier alpha value is -0.510. The maximum absolute atomic E-state index is 3.77. The molecule has 0 aromatic heterocycles. The van der Waals surface area contributed by atoms with Crippen molar-refractivity contribution in [3.05, 3.63) is 35.9 Å². The Morgan fingerprint density at radius 2 is 2.15 bits per heavy atom. The topological polar surface area (TPSA) is 15.3 Å². The van der Waals surface area contributed by atoms with Crippen molar-refractivity contribution in [3.63, 3.8) is 0 Å². The van der Waals surface area contributed by atoms with Crippen molar-refractivity contribution in [3.8, 4) is 0 Å². The average Bonchev–Trinajstić information content (AvgIpc) is 2.97. The quantitative estimate of drug-likeness (QED) is 0.921. The molecule has 3 atom stereocenters. The molecule has 0 spiro atoms. The lowest BCUT2D eigenvalue weighted by molar-refractivity contribution is 0.0949. The van der Waals surface area contributed by atoms with Crippen LogP contribution in [0.1, 0.15) is 32.3 Å². The Bertz CT molecular complexity index is 430. The Kier molecular flexibility index (Phi) is 4.39. The predicted octanol–water partition coefficient (Wildman–Crippen LogP) is 3.09. The van der Waals surface area contributed by atoms with Gasteiger partial charge in [-0.1, -0.05) is 30.3 Å². The first kappa shape index (κ1) is 14.4. The van der Waals surface area contributed by atoms with Crippen LogP contribution in [0, 0.1) is 0 Å². The first-order valence-corrected chi connectivity index (χ1v) is 8.88. The number of thioether (sulfide) groups is 1. The molecule has 20 heavy (non-hydrogen) atoms. The fourth-order valence-corrected chi connectivity index (χ4v) is 4.71. The Morgan fingerprint density at radius 3 is 2.85 bits per heavy atom. The van der Waals surface area contributed by atoms with Gasteiger partial charge in [-0.2, -0.15) is 11.8 Å². The molecule has 2 fully saturated rings. The fraction of sp³-hybridized carbons (Fsp3) is 0.647. The van der Waals surface area contributed by atoms with Gasteiger partial charge in [0.2, 0.25) is 0 Å². The summed E-state index contributed by atoms with van der Waals surface area (Å²) in [5.41, 5.74) is 1.51. The van der Waals surface area contributed by atoms with E-state index in [4.69, 9.17) is 0 Å². The summed E-state index contributed by atoms with van der Waals surface area (Å²) in [4.78, 5) is 2.70. The van der Waals surface area contributed by atoms with Gasteiger partial charge >= 0.3 is 0 Å². The van der Waals surface area contributed by atoms with Crippen LogP contribution in [0.15, 0.2) is 30.3 Å². The highest BCUT2D eigenvalue weighted by atomic mass is 32.2. The molecule has 2 heterocycles. The molecule has 2 aliphatic heterocycles. The summed E-state index contributed by atoms with van der Waals surface area (Å²) >= 11 is 2.17. The molecule has 3 rings (SSSR count). The molecule has 0 bridgehead atoms. The number of hydrogen-bond acceptors (Lipinski definition) is 3. The molecule has 2 aliphatic rings. The molecular formula is C17H26N2S. The summed E-state index contributed by atoms with van der Waals surface area (Å²) in [6.07, 6.45) is 2.81. The third-order valence-corrected chi connectivity index (χ3v) is 6.18. The summed E-state index contributed by atoms with van der Waals surface area (Å²) < 4.78 is 0. The van der Waals surface area contributed by atoms with E-state index < -0.39 is 0 Å². The fourth-order valence-electron chi connectivity index (χ4n) is 3.41. The van der Waals surface area contributed by atoms with Crippen molar-refractivity contribution in [2.75, 3.05) is 25.4 Å². The first-order chi connectivity index (χ1) is 9.67. The van der Waals surface area contributed by atoms with Gasteiger partial charge in [0, 0.05) is 30.9 Å². The lowest BCUT2D eigenvalue weighted by atomic mass is 9.88. The number of benzene rings is 1. The maximum atomic E-state index is 3.77. The van der Waals surface area contributed by atoms with Gasteiger partial charge in [0.15, 0.2) is 0 Å². The van der Waals surface area contributed by atoms with E-state index in [1.54, 1.807) is 0 Å². The Labute approximate surface area is 127 Å². The lowest BCUT2D eigenvalue weighted by Gasteiger charge is -2.46. The van der Waals surface area contributed by atoms with E-state index in [-0.39, 0.29) is 5.54 Å². The Balaban J connectivity index is 1.71. The lowest BCUT2D eigenvalue weighted by Crippen LogP contribution is -2.61. The zero-order valence-electron chi connectivity index (χ0n) is 12.6. The number of hydrogen-bond donors (Lipinski definition) is 1. The zero-order valence-corrected chi connectivity index (χ0v) is 13.5. The normalized spacial score (nSPS) is 35.3. The van der Waals surface area contributed by atoms with Crippen molar-refractivity contribution in [2.45, 2.75) is 43.5 Å². The number of rotatable bonds is 3. The van der Waals surface area contributed by atoms with Crippen molar-refractivity contribution in [2.24, 2.45) is 0 Å². The van der Waals surface area contributed by atoms with Crippen LogP contribution in [0.3, 0.4) is 0 Å². The molecule has 1 N–H and O–H groups in total. The van der Waals surface area contributed by atoms with E-state index in [0.29, 0.717) is 6.04 Å². The van der Waals surface area contributed by atoms with Crippen LogP contribution in [0.5, 0.6) is 0 Å². The monoisotopic (exact) mass is 290 g/mol. The van der Waals surface area contributed by atoms with Gasteiger partial charge in [-0.3, -0.25) is 4.90 Å². The summed E-state index contributed by atoms with van der Waals surface area (Å²) in [7, 11) is 0. The van der Waals surface area contributed by atoms with Gasteiger partial charge in [0.05, 0.1) is 5.54 Å². The molecule has 0 amide bonds. The van der Waals surface area contributed by atoms with Crippen molar-refractivity contribution < 1.29 is 0 Å². The second kappa shape index (κ2) is 6.08. The average molecular weight is 290 g/mol. The van der Waals surface area contributed by atoms with Gasteiger partial charge in [-0.25, -0.2) is 0 Å². The minimum absolute atomic E-state index is 0.0943. The molecule has 1 aromatic rings. The van der Waals surface area contributed by atoms with Crippen LogP contribution >= 0.6 is 11.8 Å². The van der Waals surface area contributed by atoms with Gasteiger partial charge in [0.1, 0.15) is 0 Å². The van der Waals surface area contributed by atoms with Crippen LogP contribution in [-0.2, 0) is 5.54 Å². The minimum atomic E-state index is 0.0943. The van der Waals surface area contributed by atoms with Crippen LogP contribution < -0.4 is 5.32 Å². The van der Waals surface area contributed by atoms with Crippen LogP contribution in [0.25, 0.3) is 0 Å². The van der Waals surface area contributed by atoms with E-state index in [1.807, 2.05) is 0 Å². The van der Waals surface area contributed by atoms with Gasteiger partial charge in [-0.15, -0.1) is 0 Å². The SMILES string of the molecule is CC1CNC(C)(c2ccccc2)CN1CC1CCCS1. The molecule has 1 aromatic carbocycles. The highest BCUT2D eigenvalue weighted by Gasteiger charge is 2.36. The smallest absolute Gasteiger partial charge is 0.0535 e. The van der Waals surface area contributed by atoms with Gasteiger partial charge in [-0.05, 0) is 38.0 Å². The summed E-state index contributed by atoms with van der Waals surface area (Å²) in [6, 6.07) is 11.6. The van der Waals surface area contributed by atoms with Crippen LogP contribution in [0.4, 0.5) is 0 Å². The highest BCUT2D eigenvalue weighted by Crippen LogP contribution is 2.31. The third kappa shape index (κ3) is 3.05. The van der Waals surface area contributed by atoms with E-state index in [2.05, 4.69) is 66.2 Å². The standard InChI is InChI=1S/C17H26N2S/c1-14-11-18-17(2,15-7-4-3-5-8-15)13-19(14)12-16-9-6-10-20-16/h3-5,7-8,14,16,18H,6,9-13H2,1-2H3. The van der Waals surface area contributed by atoms with E-state index >= 15 is 0 Å². The number of nitrogens with one attached hydrogen (secondary N) is 1. The largest absolute Gasteiger partial charge is 0.305 e. The molecule has 0 saturated carbocycles. The van der Waals surface area contributed by atoms with Crippen molar-refractivity contribution >= 4 is 11.8 Å². The third-order valence-electron chi connectivity index (χ3n) is 4.80. The highest BCUT2D eigenvalue weighted by molar-refractivity contribution is 8.00. The molecule has 110 valence electrons. The number of nitrogens with zero attached hydrogens (tertiary/aromatic N) is 1. The van der Waals surface area contributed by atoms with E-state index in [1.165, 1.54) is 30.7 Å². The minimum Gasteiger partial charge on any atom is -0.305 e. The summed E-state index contributed by atoms with van der Waals surface area (Å²) in [6.45, 7) is 8.17. The summed E-state index contributed by atoms with van der Waals surface area (Å²) in [5, 5.41) is 4.62. The van der Waals surface area contributed by atoms with E-state index in [0.717, 1.165) is 18.3 Å². The van der Waals surface area contributed by atoms with Crippen molar-refractivity contribution in [1.29, 1.82) is 0 Å². The first-order valence-electron chi connectivity index (χ1n) is 7.83. The predicted molar refractivity (Wildman–Crippen MR) is 88.3 cm³/mol. The van der Waals surface area contributed by atoms with Crippen LogP contribution in [0.2, 0.25) is 0 Å². The van der Waals surface area contributed by atoms with E-state index in [9.17, 15) is 0 Å². The Morgan fingerprint density at radius 1 is 1.35 bits per heavy atom. The van der Waals surface area contributed by atoms with Gasteiger partial charge in [0.25, 0.3) is 0 Å². The molecule has 0 aliphatic carbocycles. The second-order valence-electron chi connectivity index (χ2n) is 6.49. The number of piperazine rings is 1.